The van der Waals surface area contributed by atoms with E-state index >= 15 is 0 Å². The molecular weight excluding hydrogens is 230 g/mol. The van der Waals surface area contributed by atoms with E-state index in [0.29, 0.717) is 17.1 Å². The number of methoxy groups -OCH3 is 1. The van der Waals surface area contributed by atoms with Crippen LogP contribution < -0.4 is 9.47 Å². The lowest BCUT2D eigenvalue weighted by atomic mass is 10.1. The smallest absolute Gasteiger partial charge is 0.171 e. The molecular formula is C14H19NO3. The largest absolute Gasteiger partial charge is 0.492 e. The highest BCUT2D eigenvalue weighted by atomic mass is 16.5. The van der Waals surface area contributed by atoms with Crippen molar-refractivity contribution in [1.29, 1.82) is 0 Å². The molecule has 18 heavy (non-hydrogen) atoms. The van der Waals surface area contributed by atoms with E-state index < -0.39 is 0 Å². The Kier molecular flexibility index (Phi) is 3.87. The molecule has 1 saturated heterocycles. The van der Waals surface area contributed by atoms with Crippen LogP contribution >= 0.6 is 0 Å². The van der Waals surface area contributed by atoms with Crippen LogP contribution in [0, 0.1) is 0 Å². The second kappa shape index (κ2) is 5.40. The minimum atomic E-state index is -0.0131. The molecule has 4 nitrogen and oxygen atoms in total. The predicted molar refractivity (Wildman–Crippen MR) is 69.5 cm³/mol. The third-order valence-electron chi connectivity index (χ3n) is 3.20. The number of benzene rings is 1. The number of carbonyl (C=O) groups excluding carboxylic acids is 1. The van der Waals surface area contributed by atoms with Gasteiger partial charge in [-0.1, -0.05) is 6.07 Å². The molecule has 2 rings (SSSR count). The number of para-hydroxylation sites is 1. The van der Waals surface area contributed by atoms with Gasteiger partial charge in [0.1, 0.15) is 6.10 Å². The van der Waals surface area contributed by atoms with Gasteiger partial charge in [0.25, 0.3) is 0 Å². The minimum Gasteiger partial charge on any atom is -0.492 e. The first-order valence-corrected chi connectivity index (χ1v) is 6.15. The fraction of sp³-hybridized carbons (Fsp3) is 0.500. The van der Waals surface area contributed by atoms with Gasteiger partial charge in [-0.25, -0.2) is 0 Å². The Balaban J connectivity index is 2.22. The summed E-state index contributed by atoms with van der Waals surface area (Å²) in [5.74, 6) is 1.19. The number of hydrogen-bond acceptors (Lipinski definition) is 4. The van der Waals surface area contributed by atoms with Gasteiger partial charge in [0.2, 0.25) is 0 Å². The molecule has 98 valence electrons. The molecule has 0 aromatic heterocycles. The molecule has 0 radical (unpaired) electrons. The monoisotopic (exact) mass is 249 g/mol. The van der Waals surface area contributed by atoms with Crippen LogP contribution in [-0.2, 0) is 0 Å². The van der Waals surface area contributed by atoms with Crippen LogP contribution in [0.4, 0.5) is 0 Å². The van der Waals surface area contributed by atoms with Gasteiger partial charge >= 0.3 is 0 Å². The number of Topliss-reactive ketones (excluding diaryl/α,β-unsaturated/α-hetero) is 1. The number of carbonyl (C=O) groups is 1. The van der Waals surface area contributed by atoms with E-state index in [9.17, 15) is 4.79 Å². The number of ketones is 1. The topological polar surface area (TPSA) is 38.8 Å². The molecule has 0 N–H and O–H groups in total. The van der Waals surface area contributed by atoms with Gasteiger partial charge in [-0.3, -0.25) is 4.79 Å². The summed E-state index contributed by atoms with van der Waals surface area (Å²) in [6.07, 6.45) is 1.18. The summed E-state index contributed by atoms with van der Waals surface area (Å²) in [7, 11) is 3.64. The highest BCUT2D eigenvalue weighted by Gasteiger charge is 2.23. The lowest BCUT2D eigenvalue weighted by Crippen LogP contribution is -2.21. The number of ether oxygens (including phenoxy) is 2. The van der Waals surface area contributed by atoms with Gasteiger partial charge < -0.3 is 14.4 Å². The maximum absolute atomic E-state index is 11.5. The van der Waals surface area contributed by atoms with Crippen molar-refractivity contribution in [3.63, 3.8) is 0 Å². The Morgan fingerprint density at radius 3 is 2.78 bits per heavy atom. The van der Waals surface area contributed by atoms with Gasteiger partial charge in [0.15, 0.2) is 17.3 Å². The summed E-state index contributed by atoms with van der Waals surface area (Å²) in [6, 6.07) is 5.44. The molecule has 1 aromatic carbocycles. The Morgan fingerprint density at radius 2 is 2.22 bits per heavy atom. The van der Waals surface area contributed by atoms with Crippen molar-refractivity contribution < 1.29 is 14.3 Å². The molecule has 4 heteroatoms. The number of nitrogens with zero attached hydrogens (tertiary/aromatic N) is 1. The van der Waals surface area contributed by atoms with Crippen molar-refractivity contribution in [2.75, 3.05) is 27.2 Å². The van der Waals surface area contributed by atoms with Crippen molar-refractivity contribution in [2.45, 2.75) is 19.4 Å². The second-order valence-electron chi connectivity index (χ2n) is 4.68. The average Bonchev–Trinajstić information content (AvgIpc) is 2.74. The number of likely N-dealkylation sites (tertiary alicyclic amines) is 1. The standard InChI is InChI=1S/C14H19NO3/c1-10(16)12-5-4-6-13(14(12)17-3)18-11-7-8-15(2)9-11/h4-6,11H,7-9H2,1-3H3. The molecule has 1 heterocycles. The second-order valence-corrected chi connectivity index (χ2v) is 4.68. The molecule has 0 saturated carbocycles. The fourth-order valence-corrected chi connectivity index (χ4v) is 2.27. The van der Waals surface area contributed by atoms with Gasteiger partial charge in [-0.05, 0) is 32.5 Å². The maximum Gasteiger partial charge on any atom is 0.171 e. The van der Waals surface area contributed by atoms with Crippen molar-refractivity contribution in [2.24, 2.45) is 0 Å². The first-order chi connectivity index (χ1) is 8.61. The molecule has 1 aromatic rings. The summed E-state index contributed by atoms with van der Waals surface area (Å²) >= 11 is 0. The predicted octanol–water partition coefficient (Wildman–Crippen LogP) is 1.98. The summed E-state index contributed by atoms with van der Waals surface area (Å²) in [4.78, 5) is 13.8. The summed E-state index contributed by atoms with van der Waals surface area (Å²) in [5.41, 5.74) is 0.571. The van der Waals surface area contributed by atoms with E-state index in [0.717, 1.165) is 19.5 Å². The SMILES string of the molecule is COc1c(OC2CCN(C)C2)cccc1C(C)=O. The molecule has 0 spiro atoms. The van der Waals surface area contributed by atoms with Crippen LogP contribution in [0.2, 0.25) is 0 Å². The van der Waals surface area contributed by atoms with E-state index in [1.807, 2.05) is 12.1 Å². The van der Waals surface area contributed by atoms with Gasteiger partial charge in [0, 0.05) is 13.1 Å². The van der Waals surface area contributed by atoms with Crippen LogP contribution in [0.25, 0.3) is 0 Å². The molecule has 1 aliphatic heterocycles. The quantitative estimate of drug-likeness (QED) is 0.765. The third kappa shape index (κ3) is 2.64. The maximum atomic E-state index is 11.5. The molecule has 1 atom stereocenters. The highest BCUT2D eigenvalue weighted by Crippen LogP contribution is 2.33. The van der Waals surface area contributed by atoms with Crippen LogP contribution in [0.5, 0.6) is 11.5 Å². The Labute approximate surface area is 107 Å². The van der Waals surface area contributed by atoms with Gasteiger partial charge in [-0.15, -0.1) is 0 Å². The minimum absolute atomic E-state index is 0.0131. The Bertz CT molecular complexity index is 445. The first-order valence-electron chi connectivity index (χ1n) is 6.15. The van der Waals surface area contributed by atoms with Crippen LogP contribution in [0.1, 0.15) is 23.7 Å². The molecule has 0 aliphatic carbocycles. The zero-order chi connectivity index (χ0) is 13.1. The molecule has 1 aliphatic rings. The molecule has 1 unspecified atom stereocenters. The van der Waals surface area contributed by atoms with E-state index in [-0.39, 0.29) is 11.9 Å². The van der Waals surface area contributed by atoms with Crippen LogP contribution in [0.15, 0.2) is 18.2 Å². The van der Waals surface area contributed by atoms with E-state index in [1.54, 1.807) is 13.2 Å². The van der Waals surface area contributed by atoms with Gasteiger partial charge in [-0.2, -0.15) is 0 Å². The van der Waals surface area contributed by atoms with Crippen molar-refractivity contribution in [1.82, 2.24) is 4.90 Å². The van der Waals surface area contributed by atoms with E-state index in [2.05, 4.69) is 11.9 Å². The van der Waals surface area contributed by atoms with Crippen molar-refractivity contribution in [3.05, 3.63) is 23.8 Å². The molecule has 0 amide bonds. The number of hydrogen-bond donors (Lipinski definition) is 0. The zero-order valence-corrected chi connectivity index (χ0v) is 11.1. The van der Waals surface area contributed by atoms with E-state index in [4.69, 9.17) is 9.47 Å². The van der Waals surface area contributed by atoms with Crippen molar-refractivity contribution in [3.8, 4) is 11.5 Å². The first kappa shape index (κ1) is 12.9. The third-order valence-corrected chi connectivity index (χ3v) is 3.20. The number of likely N-dealkylation sites (N-methyl/N-ethyl adjacent to an activating group) is 1. The normalized spacial score (nSPS) is 19.8. The lowest BCUT2D eigenvalue weighted by molar-refractivity contribution is 0.101. The van der Waals surface area contributed by atoms with Crippen molar-refractivity contribution >= 4 is 5.78 Å². The van der Waals surface area contributed by atoms with Crippen LogP contribution in [0.3, 0.4) is 0 Å². The Hall–Kier alpha value is -1.55. The summed E-state index contributed by atoms with van der Waals surface area (Å²) < 4.78 is 11.3. The van der Waals surface area contributed by atoms with Gasteiger partial charge in [0.05, 0.1) is 12.7 Å². The number of rotatable bonds is 4. The molecule has 1 fully saturated rings. The Morgan fingerprint density at radius 1 is 1.44 bits per heavy atom. The highest BCUT2D eigenvalue weighted by molar-refractivity contribution is 5.97. The average molecular weight is 249 g/mol. The zero-order valence-electron chi connectivity index (χ0n) is 11.1. The van der Waals surface area contributed by atoms with E-state index in [1.165, 1.54) is 6.92 Å². The summed E-state index contributed by atoms with van der Waals surface area (Å²) in [6.45, 7) is 3.48. The molecule has 0 bridgehead atoms. The van der Waals surface area contributed by atoms with Crippen LogP contribution in [-0.4, -0.2) is 44.0 Å². The summed E-state index contributed by atoms with van der Waals surface area (Å²) in [5, 5.41) is 0. The fourth-order valence-electron chi connectivity index (χ4n) is 2.27. The lowest BCUT2D eigenvalue weighted by Gasteiger charge is -2.17.